The van der Waals surface area contributed by atoms with Crippen molar-refractivity contribution in [2.24, 2.45) is 7.05 Å². The van der Waals surface area contributed by atoms with E-state index in [0.717, 1.165) is 42.9 Å². The number of benzene rings is 1. The van der Waals surface area contributed by atoms with E-state index in [1.54, 1.807) is 0 Å². The Morgan fingerprint density at radius 1 is 1.23 bits per heavy atom. The molecule has 2 aromatic heterocycles. The number of aromatic amines is 1. The fourth-order valence-corrected chi connectivity index (χ4v) is 4.09. The maximum absolute atomic E-state index is 12.7. The SMILES string of the molecule is Cc1nn(C)c(C)c1CC(=O)N1CCC(c2cc3ccccc3[nH]2)CC1. The second kappa shape index (κ2) is 6.63. The molecule has 1 aromatic carbocycles. The first-order valence-corrected chi connectivity index (χ1v) is 9.37. The number of hydrogen-bond donors (Lipinski definition) is 1. The van der Waals surface area contributed by atoms with Crippen LogP contribution in [-0.4, -0.2) is 38.7 Å². The minimum Gasteiger partial charge on any atom is -0.358 e. The van der Waals surface area contributed by atoms with Crippen molar-refractivity contribution in [3.63, 3.8) is 0 Å². The lowest BCUT2D eigenvalue weighted by Crippen LogP contribution is -2.39. The Kier molecular flexibility index (Phi) is 4.31. The van der Waals surface area contributed by atoms with E-state index >= 15 is 0 Å². The van der Waals surface area contributed by atoms with E-state index in [1.807, 2.05) is 30.5 Å². The van der Waals surface area contributed by atoms with E-state index in [-0.39, 0.29) is 5.91 Å². The van der Waals surface area contributed by atoms with Gasteiger partial charge in [-0.25, -0.2) is 0 Å². The number of aryl methyl sites for hydroxylation is 2. The first-order chi connectivity index (χ1) is 12.5. The molecule has 1 saturated heterocycles. The number of H-pyrrole nitrogens is 1. The van der Waals surface area contributed by atoms with Crippen molar-refractivity contribution < 1.29 is 4.79 Å². The van der Waals surface area contributed by atoms with Crippen LogP contribution in [0, 0.1) is 13.8 Å². The van der Waals surface area contributed by atoms with Gasteiger partial charge in [0.05, 0.1) is 12.1 Å². The molecule has 5 heteroatoms. The number of amides is 1. The number of carbonyl (C=O) groups excluding carboxylic acids is 1. The second-order valence-electron chi connectivity index (χ2n) is 7.42. The highest BCUT2D eigenvalue weighted by Gasteiger charge is 2.26. The number of hydrogen-bond acceptors (Lipinski definition) is 2. The molecule has 0 atom stereocenters. The molecule has 3 aromatic rings. The minimum atomic E-state index is 0.222. The van der Waals surface area contributed by atoms with E-state index in [0.29, 0.717) is 12.3 Å². The van der Waals surface area contributed by atoms with Gasteiger partial charge in [0.25, 0.3) is 0 Å². The van der Waals surface area contributed by atoms with Gasteiger partial charge in [0.2, 0.25) is 5.91 Å². The molecule has 0 spiro atoms. The highest BCUT2D eigenvalue weighted by atomic mass is 16.2. The molecule has 0 radical (unpaired) electrons. The highest BCUT2D eigenvalue weighted by molar-refractivity contribution is 5.81. The predicted molar refractivity (Wildman–Crippen MR) is 103 cm³/mol. The average Bonchev–Trinajstić information content (AvgIpc) is 3.18. The Morgan fingerprint density at radius 2 is 1.96 bits per heavy atom. The molecule has 4 rings (SSSR count). The van der Waals surface area contributed by atoms with Crippen molar-refractivity contribution in [1.29, 1.82) is 0 Å². The van der Waals surface area contributed by atoms with Gasteiger partial charge < -0.3 is 9.88 Å². The van der Waals surface area contributed by atoms with Crippen molar-refractivity contribution in [2.45, 2.75) is 39.0 Å². The molecule has 0 aliphatic carbocycles. The van der Waals surface area contributed by atoms with Crippen molar-refractivity contribution in [1.82, 2.24) is 19.7 Å². The molecule has 0 unspecified atom stereocenters. The van der Waals surface area contributed by atoms with Gasteiger partial charge in [0.15, 0.2) is 0 Å². The summed E-state index contributed by atoms with van der Waals surface area (Å²) >= 11 is 0. The fourth-order valence-electron chi connectivity index (χ4n) is 4.09. The molecule has 3 heterocycles. The van der Waals surface area contributed by atoms with Crippen LogP contribution in [0.5, 0.6) is 0 Å². The second-order valence-corrected chi connectivity index (χ2v) is 7.42. The number of rotatable bonds is 3. The summed E-state index contributed by atoms with van der Waals surface area (Å²) < 4.78 is 1.86. The van der Waals surface area contributed by atoms with Crippen molar-refractivity contribution in [2.75, 3.05) is 13.1 Å². The first kappa shape index (κ1) is 16.9. The summed E-state index contributed by atoms with van der Waals surface area (Å²) in [6, 6.07) is 10.7. The smallest absolute Gasteiger partial charge is 0.227 e. The zero-order valence-corrected chi connectivity index (χ0v) is 15.7. The number of piperidine rings is 1. The lowest BCUT2D eigenvalue weighted by Gasteiger charge is -2.31. The molecule has 1 amide bonds. The van der Waals surface area contributed by atoms with Crippen LogP contribution in [0.25, 0.3) is 10.9 Å². The summed E-state index contributed by atoms with van der Waals surface area (Å²) in [7, 11) is 1.93. The molecule has 1 aliphatic rings. The third kappa shape index (κ3) is 3.02. The summed E-state index contributed by atoms with van der Waals surface area (Å²) in [4.78, 5) is 18.3. The largest absolute Gasteiger partial charge is 0.358 e. The van der Waals surface area contributed by atoms with Gasteiger partial charge in [-0.3, -0.25) is 9.48 Å². The van der Waals surface area contributed by atoms with Crippen LogP contribution in [0.2, 0.25) is 0 Å². The minimum absolute atomic E-state index is 0.222. The Labute approximate surface area is 154 Å². The Hall–Kier alpha value is -2.56. The summed E-state index contributed by atoms with van der Waals surface area (Å²) in [5.74, 6) is 0.729. The fraction of sp³-hybridized carbons (Fsp3) is 0.429. The molecule has 136 valence electrons. The zero-order chi connectivity index (χ0) is 18.3. The molecular weight excluding hydrogens is 324 g/mol. The maximum Gasteiger partial charge on any atom is 0.227 e. The van der Waals surface area contributed by atoms with Crippen LogP contribution in [-0.2, 0) is 18.3 Å². The number of fused-ring (bicyclic) bond motifs is 1. The first-order valence-electron chi connectivity index (χ1n) is 9.37. The topological polar surface area (TPSA) is 53.9 Å². The number of aromatic nitrogens is 3. The molecule has 1 fully saturated rings. The molecule has 5 nitrogen and oxygen atoms in total. The Morgan fingerprint density at radius 3 is 2.62 bits per heavy atom. The summed E-state index contributed by atoms with van der Waals surface area (Å²) in [5, 5.41) is 5.69. The van der Waals surface area contributed by atoms with Gasteiger partial charge in [-0.1, -0.05) is 18.2 Å². The lowest BCUT2D eigenvalue weighted by molar-refractivity contribution is -0.131. The zero-order valence-electron chi connectivity index (χ0n) is 15.7. The molecule has 0 bridgehead atoms. The van der Waals surface area contributed by atoms with Gasteiger partial charge in [-0.2, -0.15) is 5.10 Å². The molecule has 1 aliphatic heterocycles. The van der Waals surface area contributed by atoms with E-state index in [2.05, 4.69) is 40.4 Å². The van der Waals surface area contributed by atoms with Gasteiger partial charge in [-0.05, 0) is 44.2 Å². The van der Waals surface area contributed by atoms with Crippen LogP contribution < -0.4 is 0 Å². The third-order valence-corrected chi connectivity index (χ3v) is 5.83. The predicted octanol–water partition coefficient (Wildman–Crippen LogP) is 3.47. The number of nitrogens with zero attached hydrogens (tertiary/aromatic N) is 3. The summed E-state index contributed by atoms with van der Waals surface area (Å²) in [6.07, 6.45) is 2.50. The number of nitrogens with one attached hydrogen (secondary N) is 1. The molecule has 1 N–H and O–H groups in total. The van der Waals surface area contributed by atoms with Crippen molar-refractivity contribution in [3.8, 4) is 0 Å². The lowest BCUT2D eigenvalue weighted by atomic mass is 9.93. The molecule has 0 saturated carbocycles. The van der Waals surface area contributed by atoms with E-state index in [4.69, 9.17) is 0 Å². The average molecular weight is 350 g/mol. The standard InChI is InChI=1S/C21H26N4O/c1-14-18(15(2)24(3)23-14)13-21(26)25-10-8-16(9-11-25)20-12-17-6-4-5-7-19(17)22-20/h4-7,12,16,22H,8-11,13H2,1-3H3. The van der Waals surface area contributed by atoms with E-state index in [1.165, 1.54) is 16.6 Å². The Balaban J connectivity index is 1.40. The van der Waals surface area contributed by atoms with Crippen molar-refractivity contribution >= 4 is 16.8 Å². The quantitative estimate of drug-likeness (QED) is 0.786. The van der Waals surface area contributed by atoms with Crippen molar-refractivity contribution in [3.05, 3.63) is 53.0 Å². The van der Waals surface area contributed by atoms with Gasteiger partial charge in [-0.15, -0.1) is 0 Å². The van der Waals surface area contributed by atoms with Crippen LogP contribution in [0.3, 0.4) is 0 Å². The van der Waals surface area contributed by atoms with Crippen LogP contribution in [0.1, 0.15) is 41.4 Å². The van der Waals surface area contributed by atoms with Crippen LogP contribution in [0.15, 0.2) is 30.3 Å². The van der Waals surface area contributed by atoms with Crippen LogP contribution in [0.4, 0.5) is 0 Å². The molecule has 26 heavy (non-hydrogen) atoms. The highest BCUT2D eigenvalue weighted by Crippen LogP contribution is 2.30. The maximum atomic E-state index is 12.7. The third-order valence-electron chi connectivity index (χ3n) is 5.83. The van der Waals surface area contributed by atoms with E-state index in [9.17, 15) is 4.79 Å². The summed E-state index contributed by atoms with van der Waals surface area (Å²) in [5.41, 5.74) is 5.63. The Bertz CT molecular complexity index is 911. The normalized spacial score (nSPS) is 15.7. The molecular formula is C21H26N4O. The number of carbonyl (C=O) groups is 1. The van der Waals surface area contributed by atoms with Gasteiger partial charge in [0, 0.05) is 48.5 Å². The van der Waals surface area contributed by atoms with Gasteiger partial charge in [0.1, 0.15) is 0 Å². The van der Waals surface area contributed by atoms with E-state index < -0.39 is 0 Å². The van der Waals surface area contributed by atoms with Gasteiger partial charge >= 0.3 is 0 Å². The van der Waals surface area contributed by atoms with Crippen LogP contribution >= 0.6 is 0 Å². The number of para-hydroxylation sites is 1. The summed E-state index contributed by atoms with van der Waals surface area (Å²) in [6.45, 7) is 5.68. The number of likely N-dealkylation sites (tertiary alicyclic amines) is 1. The monoisotopic (exact) mass is 350 g/mol.